The first-order valence-electron chi connectivity index (χ1n) is 3.77. The monoisotopic (exact) mass is 242 g/mol. The largest absolute Gasteiger partial charge is 0.392 e. The van der Waals surface area contributed by atoms with Gasteiger partial charge in [0.1, 0.15) is 0 Å². The zero-order chi connectivity index (χ0) is 9.35. The minimum Gasteiger partial charge on any atom is -0.171 e. The van der Waals surface area contributed by atoms with Crippen LogP contribution in [0.4, 0.5) is 13.2 Å². The van der Waals surface area contributed by atoms with Gasteiger partial charge in [-0.3, -0.25) is 0 Å². The van der Waals surface area contributed by atoms with Gasteiger partial charge in [0.25, 0.3) is 0 Å². The van der Waals surface area contributed by atoms with Gasteiger partial charge in [0.15, 0.2) is 0 Å². The molecule has 0 spiro atoms. The lowest BCUT2D eigenvalue weighted by Gasteiger charge is -2.28. The van der Waals surface area contributed by atoms with Crippen LogP contribution < -0.4 is 0 Å². The van der Waals surface area contributed by atoms with Crippen LogP contribution >= 0.6 is 15.9 Å². The van der Waals surface area contributed by atoms with Gasteiger partial charge in [-0.2, -0.15) is 13.2 Å². The highest BCUT2D eigenvalue weighted by molar-refractivity contribution is 9.09. The van der Waals surface area contributed by atoms with Crippen LogP contribution in [0.5, 0.6) is 0 Å². The van der Waals surface area contributed by atoms with Gasteiger partial charge >= 0.3 is 6.18 Å². The first kappa shape index (κ1) is 10.1. The Hall–Kier alpha value is 0.01000. The van der Waals surface area contributed by atoms with Gasteiger partial charge < -0.3 is 0 Å². The Balaban J connectivity index is 2.62. The van der Waals surface area contributed by atoms with Crippen molar-refractivity contribution in [2.24, 2.45) is 5.92 Å². The third-order valence-electron chi connectivity index (χ3n) is 2.05. The number of hydrogen-bond acceptors (Lipinski definition) is 0. The predicted molar refractivity (Wildman–Crippen MR) is 45.3 cm³/mol. The third kappa shape index (κ3) is 2.51. The Morgan fingerprint density at radius 3 is 2.33 bits per heavy atom. The van der Waals surface area contributed by atoms with Crippen molar-refractivity contribution in [3.63, 3.8) is 0 Å². The summed E-state index contributed by atoms with van der Waals surface area (Å²) in [6, 6.07) is 0. The number of alkyl halides is 4. The summed E-state index contributed by atoms with van der Waals surface area (Å²) in [5.41, 5.74) is 0.699. The van der Waals surface area contributed by atoms with E-state index in [1.54, 1.807) is 0 Å². The fraction of sp³-hybridized carbons (Fsp3) is 0.750. The van der Waals surface area contributed by atoms with E-state index in [4.69, 9.17) is 0 Å². The van der Waals surface area contributed by atoms with E-state index in [1.165, 1.54) is 0 Å². The molecule has 0 aromatic carbocycles. The van der Waals surface area contributed by atoms with Crippen LogP contribution in [-0.2, 0) is 0 Å². The van der Waals surface area contributed by atoms with Crippen LogP contribution in [-0.4, -0.2) is 11.0 Å². The lowest BCUT2D eigenvalue weighted by Crippen LogP contribution is -2.29. The van der Waals surface area contributed by atoms with E-state index >= 15 is 0 Å². The second-order valence-corrected chi connectivity index (χ2v) is 4.52. The maximum Gasteiger partial charge on any atom is 0.392 e. The van der Waals surface area contributed by atoms with Crippen molar-refractivity contribution < 1.29 is 13.2 Å². The van der Waals surface area contributed by atoms with Crippen molar-refractivity contribution in [2.45, 2.75) is 30.3 Å². The van der Waals surface area contributed by atoms with Crippen molar-refractivity contribution in [1.29, 1.82) is 0 Å². The van der Waals surface area contributed by atoms with E-state index in [2.05, 4.69) is 22.5 Å². The van der Waals surface area contributed by atoms with Crippen molar-refractivity contribution in [1.82, 2.24) is 0 Å². The summed E-state index contributed by atoms with van der Waals surface area (Å²) >= 11 is 3.20. The van der Waals surface area contributed by atoms with E-state index in [9.17, 15) is 13.2 Å². The van der Waals surface area contributed by atoms with Crippen LogP contribution in [0, 0.1) is 5.92 Å². The normalized spacial score (nSPS) is 32.2. The molecule has 2 atom stereocenters. The molecular weight excluding hydrogens is 233 g/mol. The summed E-state index contributed by atoms with van der Waals surface area (Å²) in [5.74, 6) is -1.19. The Labute approximate surface area is 78.0 Å². The highest BCUT2D eigenvalue weighted by atomic mass is 79.9. The molecule has 2 unspecified atom stereocenters. The Morgan fingerprint density at radius 2 is 1.92 bits per heavy atom. The van der Waals surface area contributed by atoms with Gasteiger partial charge in [0.2, 0.25) is 0 Å². The molecule has 0 heterocycles. The van der Waals surface area contributed by atoms with Crippen molar-refractivity contribution in [3.05, 3.63) is 12.2 Å². The van der Waals surface area contributed by atoms with Gasteiger partial charge in [0, 0.05) is 4.83 Å². The molecule has 1 saturated carbocycles. The first-order chi connectivity index (χ1) is 5.39. The summed E-state index contributed by atoms with van der Waals surface area (Å²) in [5, 5.41) is 0. The predicted octanol–water partition coefficient (Wildman–Crippen LogP) is 3.67. The summed E-state index contributed by atoms with van der Waals surface area (Å²) in [6.45, 7) is 3.60. The Bertz CT molecular complexity index is 185. The SMILES string of the molecule is C=C1CC(Br)CC(C(F)(F)F)C1. The molecule has 12 heavy (non-hydrogen) atoms. The number of halogens is 4. The number of hydrogen-bond donors (Lipinski definition) is 0. The zero-order valence-electron chi connectivity index (χ0n) is 6.49. The molecule has 0 aromatic rings. The smallest absolute Gasteiger partial charge is 0.171 e. The van der Waals surface area contributed by atoms with E-state index in [-0.39, 0.29) is 17.7 Å². The van der Waals surface area contributed by atoms with Crippen LogP contribution in [0.1, 0.15) is 19.3 Å². The molecule has 0 aromatic heterocycles. The van der Waals surface area contributed by atoms with E-state index in [0.29, 0.717) is 12.0 Å². The van der Waals surface area contributed by atoms with Crippen LogP contribution in [0.3, 0.4) is 0 Å². The van der Waals surface area contributed by atoms with Crippen molar-refractivity contribution in [2.75, 3.05) is 0 Å². The summed E-state index contributed by atoms with van der Waals surface area (Å²) in [4.78, 5) is -0.0506. The molecule has 70 valence electrons. The molecule has 0 amide bonds. The average molecular weight is 243 g/mol. The maximum atomic E-state index is 12.2. The van der Waals surface area contributed by atoms with Gasteiger partial charge in [-0.15, -0.1) is 0 Å². The maximum absolute atomic E-state index is 12.2. The van der Waals surface area contributed by atoms with Crippen molar-refractivity contribution in [3.8, 4) is 0 Å². The summed E-state index contributed by atoms with van der Waals surface area (Å²) in [7, 11) is 0. The summed E-state index contributed by atoms with van der Waals surface area (Å²) in [6.07, 6.45) is -3.10. The lowest BCUT2D eigenvalue weighted by molar-refractivity contribution is -0.177. The molecule has 1 aliphatic rings. The molecule has 1 rings (SSSR count). The summed E-state index contributed by atoms with van der Waals surface area (Å²) < 4.78 is 36.7. The van der Waals surface area contributed by atoms with E-state index in [0.717, 1.165) is 0 Å². The highest BCUT2D eigenvalue weighted by Crippen LogP contribution is 2.41. The van der Waals surface area contributed by atoms with Crippen LogP contribution in [0.25, 0.3) is 0 Å². The number of allylic oxidation sites excluding steroid dienone is 1. The van der Waals surface area contributed by atoms with Gasteiger partial charge in [-0.05, 0) is 19.3 Å². The minimum atomic E-state index is -4.06. The fourth-order valence-electron chi connectivity index (χ4n) is 1.47. The lowest BCUT2D eigenvalue weighted by atomic mass is 9.86. The second kappa shape index (κ2) is 3.40. The van der Waals surface area contributed by atoms with Gasteiger partial charge in [0.05, 0.1) is 5.92 Å². The molecule has 1 fully saturated rings. The molecular formula is C8H10BrF3. The van der Waals surface area contributed by atoms with Crippen molar-refractivity contribution >= 4 is 15.9 Å². The standard InChI is InChI=1S/C8H10BrF3/c1-5-2-6(8(10,11)12)4-7(9)3-5/h6-7H,1-4H2. The quantitative estimate of drug-likeness (QED) is 0.449. The zero-order valence-corrected chi connectivity index (χ0v) is 8.08. The highest BCUT2D eigenvalue weighted by Gasteiger charge is 2.42. The Morgan fingerprint density at radius 1 is 1.33 bits per heavy atom. The molecule has 0 aliphatic heterocycles. The molecule has 0 N–H and O–H groups in total. The minimum absolute atomic E-state index is 0.0506. The third-order valence-corrected chi connectivity index (χ3v) is 2.75. The van der Waals surface area contributed by atoms with Crippen LogP contribution in [0.2, 0.25) is 0 Å². The van der Waals surface area contributed by atoms with E-state index in [1.807, 2.05) is 0 Å². The molecule has 0 saturated heterocycles. The second-order valence-electron chi connectivity index (χ2n) is 3.23. The van der Waals surface area contributed by atoms with E-state index < -0.39 is 12.1 Å². The molecule has 0 nitrogen and oxygen atoms in total. The molecule has 1 aliphatic carbocycles. The first-order valence-corrected chi connectivity index (χ1v) is 4.68. The fourth-order valence-corrected chi connectivity index (χ4v) is 2.38. The number of rotatable bonds is 0. The molecule has 0 bridgehead atoms. The van der Waals surface area contributed by atoms with Gasteiger partial charge in [-0.1, -0.05) is 28.1 Å². The van der Waals surface area contributed by atoms with Crippen LogP contribution in [0.15, 0.2) is 12.2 Å². The molecule has 4 heteroatoms. The van der Waals surface area contributed by atoms with Gasteiger partial charge in [-0.25, -0.2) is 0 Å². The molecule has 0 radical (unpaired) electrons. The topological polar surface area (TPSA) is 0 Å². The average Bonchev–Trinajstić information content (AvgIpc) is 1.82. The Kier molecular flexibility index (Phi) is 2.86.